The van der Waals surface area contributed by atoms with Gasteiger partial charge in [0.05, 0.1) is 0 Å². The molecule has 0 aliphatic carbocycles. The fourth-order valence-corrected chi connectivity index (χ4v) is 2.25. The standard InChI is InChI=1S/C22H24N2O2/c1-2-3-17-23-22(26)20(16-10-13-18-11-6-4-7-12-18)24-21(25)19-14-8-5-9-15-19/h4-16H,2-3,17H2,1H3,(H,23,26)(H,24,25). The number of hydrogen-bond acceptors (Lipinski definition) is 2. The summed E-state index contributed by atoms with van der Waals surface area (Å²) in [4.78, 5) is 24.8. The molecule has 0 saturated heterocycles. The molecular weight excluding hydrogens is 324 g/mol. The van der Waals surface area contributed by atoms with Crippen LogP contribution in [0.25, 0.3) is 6.08 Å². The molecule has 134 valence electrons. The van der Waals surface area contributed by atoms with E-state index in [0.29, 0.717) is 12.1 Å². The monoisotopic (exact) mass is 348 g/mol. The molecule has 2 N–H and O–H groups in total. The van der Waals surface area contributed by atoms with Gasteiger partial charge in [-0.3, -0.25) is 9.59 Å². The summed E-state index contributed by atoms with van der Waals surface area (Å²) in [6.07, 6.45) is 7.15. The topological polar surface area (TPSA) is 58.2 Å². The van der Waals surface area contributed by atoms with Crippen LogP contribution in [0.4, 0.5) is 0 Å². The maximum Gasteiger partial charge on any atom is 0.267 e. The highest BCUT2D eigenvalue weighted by atomic mass is 16.2. The first-order chi connectivity index (χ1) is 12.7. The summed E-state index contributed by atoms with van der Waals surface area (Å²) in [5, 5.41) is 5.54. The number of allylic oxidation sites excluding steroid dienone is 2. The van der Waals surface area contributed by atoms with Crippen LogP contribution in [0, 0.1) is 0 Å². The van der Waals surface area contributed by atoms with Crippen molar-refractivity contribution in [3.05, 3.63) is 89.6 Å². The molecule has 4 heteroatoms. The lowest BCUT2D eigenvalue weighted by Crippen LogP contribution is -2.35. The van der Waals surface area contributed by atoms with E-state index in [4.69, 9.17) is 0 Å². The summed E-state index contributed by atoms with van der Waals surface area (Å²) in [6, 6.07) is 18.6. The largest absolute Gasteiger partial charge is 0.351 e. The molecule has 2 aromatic carbocycles. The Kier molecular flexibility index (Phi) is 7.87. The van der Waals surface area contributed by atoms with Crippen molar-refractivity contribution >= 4 is 17.9 Å². The zero-order valence-electron chi connectivity index (χ0n) is 14.9. The minimum absolute atomic E-state index is 0.224. The normalized spacial score (nSPS) is 11.3. The molecule has 0 atom stereocenters. The molecule has 0 aliphatic rings. The molecule has 0 spiro atoms. The Morgan fingerprint density at radius 1 is 0.962 bits per heavy atom. The van der Waals surface area contributed by atoms with E-state index in [-0.39, 0.29) is 17.5 Å². The van der Waals surface area contributed by atoms with Crippen molar-refractivity contribution in [1.29, 1.82) is 0 Å². The number of benzene rings is 2. The minimum atomic E-state index is -0.310. The van der Waals surface area contributed by atoms with Crippen LogP contribution in [0.5, 0.6) is 0 Å². The van der Waals surface area contributed by atoms with Crippen LogP contribution in [0.15, 0.2) is 78.5 Å². The van der Waals surface area contributed by atoms with E-state index >= 15 is 0 Å². The number of unbranched alkanes of at least 4 members (excludes halogenated alkanes) is 1. The quantitative estimate of drug-likeness (QED) is 0.431. The summed E-state index contributed by atoms with van der Waals surface area (Å²) in [5.41, 5.74) is 1.75. The van der Waals surface area contributed by atoms with Gasteiger partial charge in [-0.2, -0.15) is 0 Å². The van der Waals surface area contributed by atoms with Gasteiger partial charge in [0.25, 0.3) is 11.8 Å². The predicted octanol–water partition coefficient (Wildman–Crippen LogP) is 3.93. The zero-order chi connectivity index (χ0) is 18.6. The van der Waals surface area contributed by atoms with E-state index in [2.05, 4.69) is 17.6 Å². The van der Waals surface area contributed by atoms with Gasteiger partial charge in [0.15, 0.2) is 0 Å². The Hall–Kier alpha value is -3.14. The Balaban J connectivity index is 2.12. The average Bonchev–Trinajstić information content (AvgIpc) is 2.68. The summed E-state index contributed by atoms with van der Waals surface area (Å²) in [7, 11) is 0. The van der Waals surface area contributed by atoms with Crippen molar-refractivity contribution in [3.8, 4) is 0 Å². The molecule has 0 bridgehead atoms. The highest BCUT2D eigenvalue weighted by Crippen LogP contribution is 2.04. The molecule has 0 saturated carbocycles. The Morgan fingerprint density at radius 3 is 2.27 bits per heavy atom. The first-order valence-corrected chi connectivity index (χ1v) is 8.78. The molecular formula is C22H24N2O2. The Bertz CT molecular complexity index is 765. The maximum atomic E-state index is 12.4. The smallest absolute Gasteiger partial charge is 0.267 e. The van der Waals surface area contributed by atoms with Gasteiger partial charge in [0.1, 0.15) is 5.70 Å². The molecule has 0 radical (unpaired) electrons. The van der Waals surface area contributed by atoms with Crippen molar-refractivity contribution in [2.24, 2.45) is 0 Å². The third-order valence-corrected chi connectivity index (χ3v) is 3.70. The van der Waals surface area contributed by atoms with Gasteiger partial charge in [-0.25, -0.2) is 0 Å². The predicted molar refractivity (Wildman–Crippen MR) is 105 cm³/mol. The van der Waals surface area contributed by atoms with E-state index in [1.54, 1.807) is 36.4 Å². The van der Waals surface area contributed by atoms with Gasteiger partial charge in [-0.15, -0.1) is 0 Å². The number of hydrogen-bond donors (Lipinski definition) is 2. The van der Waals surface area contributed by atoms with Crippen molar-refractivity contribution in [3.63, 3.8) is 0 Å². The van der Waals surface area contributed by atoms with Crippen molar-refractivity contribution in [2.75, 3.05) is 6.54 Å². The third-order valence-electron chi connectivity index (χ3n) is 3.70. The fourth-order valence-electron chi connectivity index (χ4n) is 2.25. The van der Waals surface area contributed by atoms with Gasteiger partial charge in [0, 0.05) is 12.1 Å². The molecule has 0 aliphatic heterocycles. The van der Waals surface area contributed by atoms with Gasteiger partial charge >= 0.3 is 0 Å². The molecule has 2 rings (SSSR count). The first-order valence-electron chi connectivity index (χ1n) is 8.78. The molecule has 2 amide bonds. The van der Waals surface area contributed by atoms with Crippen LogP contribution >= 0.6 is 0 Å². The lowest BCUT2D eigenvalue weighted by atomic mass is 10.2. The molecule has 0 unspecified atom stereocenters. The second-order valence-corrected chi connectivity index (χ2v) is 5.78. The number of rotatable bonds is 8. The van der Waals surface area contributed by atoms with E-state index in [9.17, 15) is 9.59 Å². The molecule has 2 aromatic rings. The second-order valence-electron chi connectivity index (χ2n) is 5.78. The Morgan fingerprint density at radius 2 is 1.62 bits per heavy atom. The molecule has 26 heavy (non-hydrogen) atoms. The van der Waals surface area contributed by atoms with Crippen molar-refractivity contribution in [2.45, 2.75) is 19.8 Å². The van der Waals surface area contributed by atoms with Crippen LogP contribution in [-0.2, 0) is 4.79 Å². The van der Waals surface area contributed by atoms with Crippen LogP contribution in [0.2, 0.25) is 0 Å². The molecule has 0 fully saturated rings. The van der Waals surface area contributed by atoms with Gasteiger partial charge in [0.2, 0.25) is 0 Å². The SMILES string of the molecule is CCCCNC(=O)C(=CC=Cc1ccccc1)NC(=O)c1ccccc1. The summed E-state index contributed by atoms with van der Waals surface area (Å²) in [6.45, 7) is 2.64. The minimum Gasteiger partial charge on any atom is -0.351 e. The van der Waals surface area contributed by atoms with Crippen LogP contribution in [-0.4, -0.2) is 18.4 Å². The zero-order valence-corrected chi connectivity index (χ0v) is 14.9. The average molecular weight is 348 g/mol. The van der Waals surface area contributed by atoms with Gasteiger partial charge < -0.3 is 10.6 Å². The Labute approximate surface area is 154 Å². The summed E-state index contributed by atoms with van der Waals surface area (Å²) in [5.74, 6) is -0.601. The lowest BCUT2D eigenvalue weighted by molar-refractivity contribution is -0.117. The summed E-state index contributed by atoms with van der Waals surface area (Å²) >= 11 is 0. The summed E-state index contributed by atoms with van der Waals surface area (Å²) < 4.78 is 0. The maximum absolute atomic E-state index is 12.4. The number of carbonyl (C=O) groups excluding carboxylic acids is 2. The van der Waals surface area contributed by atoms with Crippen LogP contribution in [0.3, 0.4) is 0 Å². The van der Waals surface area contributed by atoms with E-state index in [1.807, 2.05) is 42.5 Å². The van der Waals surface area contributed by atoms with Crippen LogP contribution in [0.1, 0.15) is 35.7 Å². The number of nitrogens with one attached hydrogen (secondary N) is 2. The number of amides is 2. The van der Waals surface area contributed by atoms with Gasteiger partial charge in [-0.1, -0.05) is 74.0 Å². The van der Waals surface area contributed by atoms with E-state index in [1.165, 1.54) is 0 Å². The highest BCUT2D eigenvalue weighted by molar-refractivity contribution is 6.03. The van der Waals surface area contributed by atoms with Crippen molar-refractivity contribution < 1.29 is 9.59 Å². The molecule has 4 nitrogen and oxygen atoms in total. The van der Waals surface area contributed by atoms with Gasteiger partial charge in [-0.05, 0) is 30.2 Å². The number of carbonyl (C=O) groups is 2. The second kappa shape index (κ2) is 10.7. The van der Waals surface area contributed by atoms with E-state index in [0.717, 1.165) is 18.4 Å². The highest BCUT2D eigenvalue weighted by Gasteiger charge is 2.13. The molecule has 0 heterocycles. The lowest BCUT2D eigenvalue weighted by Gasteiger charge is -2.10. The fraction of sp³-hybridized carbons (Fsp3) is 0.182. The third kappa shape index (κ3) is 6.40. The molecule has 0 aromatic heterocycles. The first kappa shape index (κ1) is 19.2. The van der Waals surface area contributed by atoms with Crippen molar-refractivity contribution in [1.82, 2.24) is 10.6 Å². The van der Waals surface area contributed by atoms with E-state index < -0.39 is 0 Å². The van der Waals surface area contributed by atoms with Crippen LogP contribution < -0.4 is 10.6 Å².